The van der Waals surface area contributed by atoms with Crippen LogP contribution in [-0.2, 0) is 0 Å². The van der Waals surface area contributed by atoms with Gasteiger partial charge in [0.25, 0.3) is 0 Å². The number of rotatable bonds is 1. The summed E-state index contributed by atoms with van der Waals surface area (Å²) in [4.78, 5) is 0. The molecule has 0 spiro atoms. The van der Waals surface area contributed by atoms with Crippen LogP contribution in [0.3, 0.4) is 0 Å². The van der Waals surface area contributed by atoms with E-state index in [0.717, 1.165) is 0 Å². The Labute approximate surface area is 69.9 Å². The summed E-state index contributed by atoms with van der Waals surface area (Å²) >= 11 is 3.75. The summed E-state index contributed by atoms with van der Waals surface area (Å²) in [6, 6.07) is 2.11. The Bertz CT molecular complexity index is 161. The number of nitriles is 1. The molecule has 54 valence electrons. The molecule has 0 N–H and O–H groups in total. The van der Waals surface area contributed by atoms with Crippen molar-refractivity contribution in [1.29, 1.82) is 5.26 Å². The van der Waals surface area contributed by atoms with E-state index in [-0.39, 0.29) is 0 Å². The summed E-state index contributed by atoms with van der Waals surface area (Å²) in [7, 11) is 0. The van der Waals surface area contributed by atoms with Crippen molar-refractivity contribution in [1.82, 2.24) is 0 Å². The van der Waals surface area contributed by atoms with Crippen LogP contribution in [0.2, 0.25) is 0 Å². The van der Waals surface area contributed by atoms with Crippen LogP contribution in [0.1, 0.15) is 12.8 Å². The van der Waals surface area contributed by atoms with Crippen molar-refractivity contribution in [3.8, 4) is 6.07 Å². The zero-order valence-corrected chi connectivity index (χ0v) is 7.30. The fourth-order valence-corrected chi connectivity index (χ4v) is 3.09. The van der Waals surface area contributed by atoms with Crippen LogP contribution >= 0.6 is 23.5 Å². The minimum absolute atomic E-state index is 0.565. The van der Waals surface area contributed by atoms with Crippen molar-refractivity contribution in [2.24, 2.45) is 0 Å². The fourth-order valence-electron chi connectivity index (χ4n) is 0.693. The van der Waals surface area contributed by atoms with Gasteiger partial charge in [0, 0.05) is 4.24 Å². The van der Waals surface area contributed by atoms with Gasteiger partial charge in [0.1, 0.15) is 0 Å². The van der Waals surface area contributed by atoms with Crippen molar-refractivity contribution < 1.29 is 0 Å². The highest BCUT2D eigenvalue weighted by Gasteiger charge is 2.04. The fraction of sp³-hybridized carbons (Fsp3) is 0.571. The van der Waals surface area contributed by atoms with Crippen molar-refractivity contribution in [3.63, 3.8) is 0 Å². The molecule has 0 amide bonds. The van der Waals surface area contributed by atoms with Gasteiger partial charge in [-0.15, -0.1) is 23.5 Å². The third kappa shape index (κ3) is 2.68. The molecule has 1 aliphatic heterocycles. The zero-order chi connectivity index (χ0) is 7.23. The van der Waals surface area contributed by atoms with Gasteiger partial charge in [-0.05, 0) is 17.9 Å². The number of thioether (sulfide) groups is 2. The maximum Gasteiger partial charge on any atom is 0.0664 e. The molecule has 0 aliphatic carbocycles. The third-order valence-corrected chi connectivity index (χ3v) is 3.73. The Hall–Kier alpha value is -0.0700. The molecule has 0 radical (unpaired) electrons. The third-order valence-electron chi connectivity index (χ3n) is 1.14. The Morgan fingerprint density at radius 2 is 2.20 bits per heavy atom. The maximum atomic E-state index is 8.28. The first-order valence-corrected chi connectivity index (χ1v) is 5.23. The van der Waals surface area contributed by atoms with Crippen LogP contribution in [-0.4, -0.2) is 11.5 Å². The molecule has 1 heterocycles. The summed E-state index contributed by atoms with van der Waals surface area (Å²) in [5.74, 6) is 2.45. The van der Waals surface area contributed by atoms with E-state index in [1.54, 1.807) is 0 Å². The van der Waals surface area contributed by atoms with Gasteiger partial charge < -0.3 is 0 Å². The number of allylic oxidation sites excluding steroid dienone is 1. The highest BCUT2D eigenvalue weighted by Crippen LogP contribution is 2.34. The van der Waals surface area contributed by atoms with Gasteiger partial charge in [-0.1, -0.05) is 6.08 Å². The quantitative estimate of drug-likeness (QED) is 0.606. The molecular weight excluding hydrogens is 162 g/mol. The molecule has 3 heteroatoms. The van der Waals surface area contributed by atoms with E-state index in [0.29, 0.717) is 6.42 Å². The highest BCUT2D eigenvalue weighted by molar-refractivity contribution is 8.22. The first-order chi connectivity index (χ1) is 4.93. The monoisotopic (exact) mass is 171 g/mol. The van der Waals surface area contributed by atoms with E-state index >= 15 is 0 Å². The SMILES string of the molecule is N#CCC=C1SCCCS1. The van der Waals surface area contributed by atoms with Crippen LogP contribution in [0.4, 0.5) is 0 Å². The smallest absolute Gasteiger partial charge is 0.0664 e. The molecule has 0 aromatic rings. The van der Waals surface area contributed by atoms with E-state index in [1.165, 1.54) is 22.2 Å². The molecule has 0 aromatic carbocycles. The molecule has 1 rings (SSSR count). The Balaban J connectivity index is 2.32. The molecule has 10 heavy (non-hydrogen) atoms. The minimum Gasteiger partial charge on any atom is -0.198 e. The Morgan fingerprint density at radius 3 is 2.80 bits per heavy atom. The molecule has 0 bridgehead atoms. The molecule has 1 saturated heterocycles. The lowest BCUT2D eigenvalue weighted by molar-refractivity contribution is 1.12. The predicted octanol–water partition coefficient (Wildman–Crippen LogP) is 2.61. The van der Waals surface area contributed by atoms with Crippen molar-refractivity contribution >= 4 is 23.5 Å². The van der Waals surface area contributed by atoms with Gasteiger partial charge >= 0.3 is 0 Å². The van der Waals surface area contributed by atoms with E-state index in [1.807, 2.05) is 29.6 Å². The van der Waals surface area contributed by atoms with Crippen molar-refractivity contribution in [3.05, 3.63) is 10.3 Å². The second-order valence-electron chi connectivity index (χ2n) is 1.94. The van der Waals surface area contributed by atoms with Crippen LogP contribution in [0.25, 0.3) is 0 Å². The molecule has 1 aliphatic rings. The second-order valence-corrected chi connectivity index (χ2v) is 4.47. The number of hydrogen-bond donors (Lipinski definition) is 0. The van der Waals surface area contributed by atoms with E-state index in [9.17, 15) is 0 Å². The molecule has 0 aromatic heterocycles. The van der Waals surface area contributed by atoms with E-state index in [2.05, 4.69) is 6.07 Å². The first kappa shape index (κ1) is 8.03. The average molecular weight is 171 g/mol. The van der Waals surface area contributed by atoms with Gasteiger partial charge in [0.2, 0.25) is 0 Å². The molecular formula is C7H9NS2. The summed E-state index contributed by atoms with van der Waals surface area (Å²) in [6.07, 6.45) is 3.89. The lowest BCUT2D eigenvalue weighted by Gasteiger charge is -2.11. The van der Waals surface area contributed by atoms with Gasteiger partial charge in [0.15, 0.2) is 0 Å². The van der Waals surface area contributed by atoms with Crippen LogP contribution in [0.5, 0.6) is 0 Å². The lowest BCUT2D eigenvalue weighted by atomic mass is 10.5. The highest BCUT2D eigenvalue weighted by atomic mass is 32.2. The average Bonchev–Trinajstić information content (AvgIpc) is 2.03. The van der Waals surface area contributed by atoms with Crippen molar-refractivity contribution in [2.45, 2.75) is 12.8 Å². The second kappa shape index (κ2) is 4.70. The normalized spacial score (nSPS) is 18.1. The van der Waals surface area contributed by atoms with Gasteiger partial charge in [-0.3, -0.25) is 0 Å². The van der Waals surface area contributed by atoms with Crippen LogP contribution < -0.4 is 0 Å². The summed E-state index contributed by atoms with van der Waals surface area (Å²) in [5.41, 5.74) is 0. The number of nitrogens with zero attached hydrogens (tertiary/aromatic N) is 1. The molecule has 0 unspecified atom stereocenters. The van der Waals surface area contributed by atoms with Crippen LogP contribution in [0, 0.1) is 11.3 Å². The zero-order valence-electron chi connectivity index (χ0n) is 5.67. The maximum absolute atomic E-state index is 8.28. The van der Waals surface area contributed by atoms with Gasteiger partial charge in [-0.25, -0.2) is 0 Å². The first-order valence-electron chi connectivity index (χ1n) is 3.26. The summed E-state index contributed by atoms with van der Waals surface area (Å²) in [5, 5.41) is 8.28. The van der Waals surface area contributed by atoms with Crippen LogP contribution in [0.15, 0.2) is 10.3 Å². The van der Waals surface area contributed by atoms with Crippen molar-refractivity contribution in [2.75, 3.05) is 11.5 Å². The Kier molecular flexibility index (Phi) is 3.77. The van der Waals surface area contributed by atoms with Gasteiger partial charge in [0.05, 0.1) is 12.5 Å². The standard InChI is InChI=1S/C7H9NS2/c8-4-1-3-7-9-5-2-6-10-7/h3H,1-2,5-6H2. The van der Waals surface area contributed by atoms with E-state index < -0.39 is 0 Å². The summed E-state index contributed by atoms with van der Waals surface area (Å²) in [6.45, 7) is 0. The molecule has 0 atom stereocenters. The Morgan fingerprint density at radius 1 is 1.50 bits per heavy atom. The van der Waals surface area contributed by atoms with Gasteiger partial charge in [-0.2, -0.15) is 5.26 Å². The molecule has 1 nitrogen and oxygen atoms in total. The minimum atomic E-state index is 0.565. The number of hydrogen-bond acceptors (Lipinski definition) is 3. The largest absolute Gasteiger partial charge is 0.198 e. The predicted molar refractivity (Wildman–Crippen MR) is 47.8 cm³/mol. The van der Waals surface area contributed by atoms with E-state index in [4.69, 9.17) is 5.26 Å². The topological polar surface area (TPSA) is 23.8 Å². The summed E-state index contributed by atoms with van der Waals surface area (Å²) < 4.78 is 1.34. The molecule has 0 saturated carbocycles. The molecule has 1 fully saturated rings. The lowest BCUT2D eigenvalue weighted by Crippen LogP contribution is -1.90.